The molecule has 1 aromatic heterocycles. The van der Waals surface area contributed by atoms with E-state index in [0.717, 1.165) is 50.3 Å². The van der Waals surface area contributed by atoms with Crippen molar-refractivity contribution >= 4 is 5.91 Å². The van der Waals surface area contributed by atoms with Gasteiger partial charge in [0, 0.05) is 31.5 Å². The number of benzene rings is 1. The number of hydrogen-bond acceptors (Lipinski definition) is 3. The van der Waals surface area contributed by atoms with Crippen LogP contribution < -0.4 is 0 Å². The van der Waals surface area contributed by atoms with E-state index in [0.29, 0.717) is 18.3 Å². The Morgan fingerprint density at radius 3 is 2.48 bits per heavy atom. The molecule has 1 aliphatic carbocycles. The SMILES string of the molecule is CCCCn1nc(C2CC2)nc1C1CCN(C(=O)Cc2ccccc2)CC1. The molecule has 1 saturated heterocycles. The van der Waals surface area contributed by atoms with E-state index in [1.807, 2.05) is 35.2 Å². The standard InChI is InChI=1S/C22H30N4O/c1-2-3-13-26-22(23-21(24-26)18-9-10-18)19-11-14-25(15-12-19)20(27)16-17-7-5-4-6-8-17/h4-8,18-19H,2-3,9-16H2,1H3. The quantitative estimate of drug-likeness (QED) is 0.747. The lowest BCUT2D eigenvalue weighted by Gasteiger charge is -2.31. The number of hydrogen-bond donors (Lipinski definition) is 0. The van der Waals surface area contributed by atoms with Gasteiger partial charge in [-0.05, 0) is 37.7 Å². The van der Waals surface area contributed by atoms with Gasteiger partial charge in [0.15, 0.2) is 5.82 Å². The minimum atomic E-state index is 0.241. The Balaban J connectivity index is 1.38. The lowest BCUT2D eigenvalue weighted by Crippen LogP contribution is -2.39. The van der Waals surface area contributed by atoms with Gasteiger partial charge in [-0.1, -0.05) is 43.7 Å². The van der Waals surface area contributed by atoms with E-state index in [1.54, 1.807) is 0 Å². The van der Waals surface area contributed by atoms with Gasteiger partial charge in [-0.15, -0.1) is 0 Å². The normalized spacial score (nSPS) is 18.0. The van der Waals surface area contributed by atoms with Gasteiger partial charge in [0.25, 0.3) is 0 Å². The van der Waals surface area contributed by atoms with Crippen LogP contribution in [-0.4, -0.2) is 38.7 Å². The van der Waals surface area contributed by atoms with Crippen LogP contribution in [-0.2, 0) is 17.8 Å². The van der Waals surface area contributed by atoms with Crippen molar-refractivity contribution in [3.05, 3.63) is 47.5 Å². The summed E-state index contributed by atoms with van der Waals surface area (Å²) in [5, 5.41) is 4.82. The topological polar surface area (TPSA) is 51.0 Å². The first kappa shape index (κ1) is 18.2. The van der Waals surface area contributed by atoms with Gasteiger partial charge in [0.2, 0.25) is 5.91 Å². The van der Waals surface area contributed by atoms with Crippen molar-refractivity contribution in [1.82, 2.24) is 19.7 Å². The van der Waals surface area contributed by atoms with E-state index in [4.69, 9.17) is 10.1 Å². The Morgan fingerprint density at radius 2 is 1.81 bits per heavy atom. The fraction of sp³-hybridized carbons (Fsp3) is 0.591. The molecule has 1 amide bonds. The van der Waals surface area contributed by atoms with Gasteiger partial charge in [-0.3, -0.25) is 4.79 Å². The summed E-state index contributed by atoms with van der Waals surface area (Å²) in [6, 6.07) is 10.0. The average molecular weight is 367 g/mol. The summed E-state index contributed by atoms with van der Waals surface area (Å²) in [4.78, 5) is 19.6. The maximum Gasteiger partial charge on any atom is 0.226 e. The van der Waals surface area contributed by atoms with Crippen molar-refractivity contribution in [2.45, 2.75) is 70.3 Å². The van der Waals surface area contributed by atoms with E-state index < -0.39 is 0 Å². The molecule has 5 heteroatoms. The monoisotopic (exact) mass is 366 g/mol. The summed E-state index contributed by atoms with van der Waals surface area (Å²) in [7, 11) is 0. The molecule has 5 nitrogen and oxygen atoms in total. The minimum absolute atomic E-state index is 0.241. The Hall–Kier alpha value is -2.17. The molecular weight excluding hydrogens is 336 g/mol. The summed E-state index contributed by atoms with van der Waals surface area (Å²) < 4.78 is 2.17. The Bertz CT molecular complexity index is 758. The molecule has 1 aromatic carbocycles. The number of piperidine rings is 1. The van der Waals surface area contributed by atoms with Crippen LogP contribution in [0.1, 0.15) is 74.5 Å². The van der Waals surface area contributed by atoms with Gasteiger partial charge in [0.1, 0.15) is 5.82 Å². The van der Waals surface area contributed by atoms with Crippen LogP contribution in [0.5, 0.6) is 0 Å². The molecule has 2 heterocycles. The average Bonchev–Trinajstić information content (AvgIpc) is 3.47. The highest BCUT2D eigenvalue weighted by Crippen LogP contribution is 2.39. The maximum atomic E-state index is 12.6. The number of aromatic nitrogens is 3. The van der Waals surface area contributed by atoms with Crippen molar-refractivity contribution in [3.8, 4) is 0 Å². The van der Waals surface area contributed by atoms with Crippen molar-refractivity contribution in [2.75, 3.05) is 13.1 Å². The largest absolute Gasteiger partial charge is 0.342 e. The zero-order valence-electron chi connectivity index (χ0n) is 16.3. The molecule has 2 aromatic rings. The van der Waals surface area contributed by atoms with Crippen molar-refractivity contribution < 1.29 is 4.79 Å². The molecule has 0 radical (unpaired) electrons. The van der Waals surface area contributed by atoms with E-state index >= 15 is 0 Å². The summed E-state index contributed by atoms with van der Waals surface area (Å²) in [5.74, 6) is 3.50. The molecular formula is C22H30N4O. The first-order valence-electron chi connectivity index (χ1n) is 10.5. The Morgan fingerprint density at radius 1 is 1.07 bits per heavy atom. The van der Waals surface area contributed by atoms with Crippen LogP contribution in [0.15, 0.2) is 30.3 Å². The molecule has 2 fully saturated rings. The van der Waals surface area contributed by atoms with Crippen LogP contribution in [0.25, 0.3) is 0 Å². The number of carbonyl (C=O) groups is 1. The number of nitrogens with zero attached hydrogens (tertiary/aromatic N) is 4. The number of carbonyl (C=O) groups excluding carboxylic acids is 1. The summed E-state index contributed by atoms with van der Waals surface area (Å²) in [6.07, 6.45) is 7.29. The van der Waals surface area contributed by atoms with Crippen molar-refractivity contribution in [2.24, 2.45) is 0 Å². The summed E-state index contributed by atoms with van der Waals surface area (Å²) in [6.45, 7) is 4.85. The van der Waals surface area contributed by atoms with Gasteiger partial charge in [-0.25, -0.2) is 9.67 Å². The zero-order chi connectivity index (χ0) is 18.6. The van der Waals surface area contributed by atoms with E-state index in [2.05, 4.69) is 11.6 Å². The highest BCUT2D eigenvalue weighted by atomic mass is 16.2. The third-order valence-electron chi connectivity index (χ3n) is 5.79. The molecule has 0 N–H and O–H groups in total. The highest BCUT2D eigenvalue weighted by molar-refractivity contribution is 5.78. The molecule has 1 saturated carbocycles. The fourth-order valence-corrected chi connectivity index (χ4v) is 3.93. The van der Waals surface area contributed by atoms with Gasteiger partial charge in [0.05, 0.1) is 6.42 Å². The number of amides is 1. The molecule has 0 unspecified atom stereocenters. The number of aryl methyl sites for hydroxylation is 1. The molecule has 0 spiro atoms. The van der Waals surface area contributed by atoms with Crippen molar-refractivity contribution in [1.29, 1.82) is 0 Å². The lowest BCUT2D eigenvalue weighted by molar-refractivity contribution is -0.131. The van der Waals surface area contributed by atoms with Crippen LogP contribution >= 0.6 is 0 Å². The molecule has 1 aliphatic heterocycles. The van der Waals surface area contributed by atoms with Crippen molar-refractivity contribution in [3.63, 3.8) is 0 Å². The molecule has 27 heavy (non-hydrogen) atoms. The number of unbranched alkanes of at least 4 members (excludes halogenated alkanes) is 1. The van der Waals surface area contributed by atoms with E-state index in [-0.39, 0.29) is 5.91 Å². The zero-order valence-corrected chi connectivity index (χ0v) is 16.3. The second-order valence-electron chi connectivity index (χ2n) is 8.00. The fourth-order valence-electron chi connectivity index (χ4n) is 3.93. The van der Waals surface area contributed by atoms with Crippen LogP contribution in [0.3, 0.4) is 0 Å². The van der Waals surface area contributed by atoms with E-state index in [1.165, 1.54) is 25.1 Å². The first-order valence-corrected chi connectivity index (χ1v) is 10.5. The second kappa shape index (κ2) is 8.24. The third kappa shape index (κ3) is 4.40. The molecule has 4 rings (SSSR count). The lowest BCUT2D eigenvalue weighted by atomic mass is 9.95. The molecule has 0 bridgehead atoms. The Kier molecular flexibility index (Phi) is 5.55. The predicted molar refractivity (Wildman–Crippen MR) is 106 cm³/mol. The predicted octanol–water partition coefficient (Wildman–Crippen LogP) is 3.90. The second-order valence-corrected chi connectivity index (χ2v) is 8.00. The molecule has 0 atom stereocenters. The molecule has 2 aliphatic rings. The Labute approximate surface area is 161 Å². The van der Waals surface area contributed by atoms with Gasteiger partial charge < -0.3 is 4.90 Å². The number of rotatable bonds is 7. The van der Waals surface area contributed by atoms with Crippen LogP contribution in [0.2, 0.25) is 0 Å². The van der Waals surface area contributed by atoms with Crippen LogP contribution in [0, 0.1) is 0 Å². The van der Waals surface area contributed by atoms with Gasteiger partial charge in [-0.2, -0.15) is 5.10 Å². The van der Waals surface area contributed by atoms with Crippen LogP contribution in [0.4, 0.5) is 0 Å². The van der Waals surface area contributed by atoms with Gasteiger partial charge >= 0.3 is 0 Å². The smallest absolute Gasteiger partial charge is 0.226 e. The minimum Gasteiger partial charge on any atom is -0.342 e. The summed E-state index contributed by atoms with van der Waals surface area (Å²) >= 11 is 0. The van der Waals surface area contributed by atoms with E-state index in [9.17, 15) is 4.79 Å². The first-order chi connectivity index (χ1) is 13.2. The summed E-state index contributed by atoms with van der Waals surface area (Å²) in [5.41, 5.74) is 1.10. The highest BCUT2D eigenvalue weighted by Gasteiger charge is 2.32. The molecule has 144 valence electrons. The maximum absolute atomic E-state index is 12.6. The number of likely N-dealkylation sites (tertiary alicyclic amines) is 1. The third-order valence-corrected chi connectivity index (χ3v) is 5.79.